The number of ether oxygens (including phenoxy) is 1. The minimum atomic E-state index is -1.32. The van der Waals surface area contributed by atoms with E-state index in [0.29, 0.717) is 19.8 Å². The van der Waals surface area contributed by atoms with E-state index >= 15 is 0 Å². The van der Waals surface area contributed by atoms with Gasteiger partial charge in [-0.05, 0) is 0 Å². The minimum absolute atomic E-state index is 0.230. The Balaban J connectivity index is 2.10. The number of hydrogen-bond acceptors (Lipinski definition) is 5. The summed E-state index contributed by atoms with van der Waals surface area (Å²) >= 11 is 0. The largest absolute Gasteiger partial charge is 0.477 e. The van der Waals surface area contributed by atoms with Crippen molar-refractivity contribution in [2.45, 2.75) is 6.54 Å². The molecule has 0 aliphatic carbocycles. The molecule has 2 heterocycles. The normalized spacial score (nSPS) is 16.4. The van der Waals surface area contributed by atoms with Gasteiger partial charge < -0.3 is 14.8 Å². The van der Waals surface area contributed by atoms with Gasteiger partial charge in [-0.15, -0.1) is 0 Å². The Morgan fingerprint density at radius 2 is 2.00 bits per heavy atom. The van der Waals surface area contributed by atoms with Crippen LogP contribution in [0.1, 0.15) is 10.5 Å². The van der Waals surface area contributed by atoms with Gasteiger partial charge in [0.25, 0.3) is 5.56 Å². The summed E-state index contributed by atoms with van der Waals surface area (Å²) in [6.07, 6.45) is 0. The van der Waals surface area contributed by atoms with Gasteiger partial charge in [-0.2, -0.15) is 0 Å². The standard InChI is InChI=1S/C11H15N3O5/c15-9-7-8(10(16)17)12-11(18)14(9)2-1-13-3-5-19-6-4-13/h7H,1-6H2,(H,12,18)(H,16,17). The van der Waals surface area contributed by atoms with E-state index in [4.69, 9.17) is 9.84 Å². The average Bonchev–Trinajstić information content (AvgIpc) is 2.38. The Bertz CT molecular complexity index is 539. The predicted octanol–water partition coefficient (Wildman–Crippen LogP) is -1.43. The smallest absolute Gasteiger partial charge is 0.352 e. The maximum atomic E-state index is 11.7. The second-order valence-corrected chi connectivity index (χ2v) is 4.24. The quantitative estimate of drug-likeness (QED) is 0.694. The molecule has 0 saturated carbocycles. The van der Waals surface area contributed by atoms with Crippen molar-refractivity contribution >= 4 is 5.97 Å². The van der Waals surface area contributed by atoms with Crippen LogP contribution >= 0.6 is 0 Å². The van der Waals surface area contributed by atoms with Gasteiger partial charge in [0.1, 0.15) is 5.69 Å². The van der Waals surface area contributed by atoms with E-state index in [0.717, 1.165) is 23.7 Å². The van der Waals surface area contributed by atoms with Gasteiger partial charge in [0.05, 0.1) is 13.2 Å². The zero-order chi connectivity index (χ0) is 13.8. The number of H-pyrrole nitrogens is 1. The van der Waals surface area contributed by atoms with Crippen LogP contribution in [0.5, 0.6) is 0 Å². The Labute approximate surface area is 108 Å². The van der Waals surface area contributed by atoms with Crippen LogP contribution in [0.3, 0.4) is 0 Å². The fourth-order valence-electron chi connectivity index (χ4n) is 1.91. The highest BCUT2D eigenvalue weighted by Gasteiger charge is 2.13. The number of aromatic nitrogens is 2. The van der Waals surface area contributed by atoms with Crippen LogP contribution in [0.25, 0.3) is 0 Å². The van der Waals surface area contributed by atoms with Crippen molar-refractivity contribution in [1.82, 2.24) is 14.5 Å². The summed E-state index contributed by atoms with van der Waals surface area (Å²) in [4.78, 5) is 38.2. The fourth-order valence-corrected chi connectivity index (χ4v) is 1.91. The monoisotopic (exact) mass is 269 g/mol. The highest BCUT2D eigenvalue weighted by Crippen LogP contribution is 1.96. The predicted molar refractivity (Wildman–Crippen MR) is 65.5 cm³/mol. The number of aromatic amines is 1. The molecule has 0 amide bonds. The second kappa shape index (κ2) is 5.81. The Hall–Kier alpha value is -1.93. The first kappa shape index (κ1) is 13.5. The molecule has 0 radical (unpaired) electrons. The summed E-state index contributed by atoms with van der Waals surface area (Å²) in [5.74, 6) is -1.32. The average molecular weight is 269 g/mol. The number of nitrogens with one attached hydrogen (secondary N) is 1. The van der Waals surface area contributed by atoms with Crippen LogP contribution in [-0.4, -0.2) is 58.4 Å². The third-order valence-corrected chi connectivity index (χ3v) is 2.99. The topological polar surface area (TPSA) is 105 Å². The van der Waals surface area contributed by atoms with E-state index in [1.807, 2.05) is 0 Å². The molecule has 2 N–H and O–H groups in total. The molecule has 1 saturated heterocycles. The molecule has 19 heavy (non-hydrogen) atoms. The lowest BCUT2D eigenvalue weighted by molar-refractivity contribution is 0.0361. The summed E-state index contributed by atoms with van der Waals surface area (Å²) < 4.78 is 6.20. The lowest BCUT2D eigenvalue weighted by Crippen LogP contribution is -2.43. The first-order valence-electron chi connectivity index (χ1n) is 5.95. The summed E-state index contributed by atoms with van der Waals surface area (Å²) in [7, 11) is 0. The van der Waals surface area contributed by atoms with Gasteiger partial charge in [0.15, 0.2) is 0 Å². The van der Waals surface area contributed by atoms with Crippen molar-refractivity contribution in [3.05, 3.63) is 32.6 Å². The van der Waals surface area contributed by atoms with Crippen LogP contribution in [0.15, 0.2) is 15.7 Å². The van der Waals surface area contributed by atoms with Gasteiger partial charge in [-0.3, -0.25) is 14.3 Å². The van der Waals surface area contributed by atoms with E-state index in [9.17, 15) is 14.4 Å². The number of carboxylic acids is 1. The van der Waals surface area contributed by atoms with E-state index < -0.39 is 22.9 Å². The SMILES string of the molecule is O=C(O)c1cc(=O)n(CCN2CCOCC2)c(=O)[nH]1. The summed E-state index contributed by atoms with van der Waals surface area (Å²) in [6, 6.07) is 0.920. The molecule has 1 aromatic heterocycles. The Kier molecular flexibility index (Phi) is 4.13. The molecule has 0 spiro atoms. The van der Waals surface area contributed by atoms with Crippen LogP contribution in [0.2, 0.25) is 0 Å². The minimum Gasteiger partial charge on any atom is -0.477 e. The fraction of sp³-hybridized carbons (Fsp3) is 0.545. The van der Waals surface area contributed by atoms with E-state index in [2.05, 4.69) is 9.88 Å². The number of aromatic carboxylic acids is 1. The molecule has 8 heteroatoms. The summed E-state index contributed by atoms with van der Waals surface area (Å²) in [5.41, 5.74) is -1.69. The zero-order valence-corrected chi connectivity index (χ0v) is 10.3. The van der Waals surface area contributed by atoms with Crippen molar-refractivity contribution in [3.8, 4) is 0 Å². The molecular weight excluding hydrogens is 254 g/mol. The molecule has 0 bridgehead atoms. The maximum Gasteiger partial charge on any atom is 0.352 e. The van der Waals surface area contributed by atoms with Crippen molar-refractivity contribution in [2.75, 3.05) is 32.8 Å². The third-order valence-electron chi connectivity index (χ3n) is 2.99. The maximum absolute atomic E-state index is 11.7. The number of nitrogens with zero attached hydrogens (tertiary/aromatic N) is 2. The Morgan fingerprint density at radius 3 is 2.58 bits per heavy atom. The highest BCUT2D eigenvalue weighted by molar-refractivity contribution is 5.84. The van der Waals surface area contributed by atoms with E-state index in [1.54, 1.807) is 0 Å². The number of rotatable bonds is 4. The van der Waals surface area contributed by atoms with Gasteiger partial charge in [-0.1, -0.05) is 0 Å². The Morgan fingerprint density at radius 1 is 1.32 bits per heavy atom. The molecule has 1 aromatic rings. The van der Waals surface area contributed by atoms with Crippen LogP contribution in [0, 0.1) is 0 Å². The van der Waals surface area contributed by atoms with Gasteiger partial charge in [0, 0.05) is 32.2 Å². The lowest BCUT2D eigenvalue weighted by atomic mass is 10.4. The number of hydrogen-bond donors (Lipinski definition) is 2. The molecule has 2 rings (SSSR count). The molecule has 104 valence electrons. The second-order valence-electron chi connectivity index (χ2n) is 4.24. The van der Waals surface area contributed by atoms with Crippen molar-refractivity contribution < 1.29 is 14.6 Å². The first-order valence-corrected chi connectivity index (χ1v) is 5.95. The highest BCUT2D eigenvalue weighted by atomic mass is 16.5. The van der Waals surface area contributed by atoms with Crippen LogP contribution in [0.4, 0.5) is 0 Å². The molecule has 0 atom stereocenters. The number of carbonyl (C=O) groups is 1. The number of morpholine rings is 1. The van der Waals surface area contributed by atoms with Gasteiger partial charge in [0.2, 0.25) is 0 Å². The van der Waals surface area contributed by atoms with Gasteiger partial charge >= 0.3 is 11.7 Å². The third kappa shape index (κ3) is 3.30. The zero-order valence-electron chi connectivity index (χ0n) is 10.3. The molecule has 8 nitrogen and oxygen atoms in total. The summed E-state index contributed by atoms with van der Waals surface area (Å²) in [6.45, 7) is 3.60. The molecule has 0 aromatic carbocycles. The number of carboxylic acid groups (broad SMARTS) is 1. The van der Waals surface area contributed by atoms with Crippen molar-refractivity contribution in [1.29, 1.82) is 0 Å². The molecule has 1 aliphatic rings. The molecule has 1 aliphatic heterocycles. The lowest BCUT2D eigenvalue weighted by Gasteiger charge is -2.26. The molecule has 0 unspecified atom stereocenters. The summed E-state index contributed by atoms with van der Waals surface area (Å²) in [5, 5.41) is 8.72. The van der Waals surface area contributed by atoms with Crippen LogP contribution < -0.4 is 11.2 Å². The van der Waals surface area contributed by atoms with Crippen molar-refractivity contribution in [2.24, 2.45) is 0 Å². The van der Waals surface area contributed by atoms with E-state index in [1.165, 1.54) is 0 Å². The first-order chi connectivity index (χ1) is 9.08. The molecular formula is C11H15N3O5. The van der Waals surface area contributed by atoms with Crippen molar-refractivity contribution in [3.63, 3.8) is 0 Å². The van der Waals surface area contributed by atoms with Gasteiger partial charge in [-0.25, -0.2) is 9.59 Å². The van der Waals surface area contributed by atoms with Crippen LogP contribution in [-0.2, 0) is 11.3 Å². The van der Waals surface area contributed by atoms with E-state index in [-0.39, 0.29) is 6.54 Å². The molecule has 1 fully saturated rings.